The first-order chi connectivity index (χ1) is 17.5. The van der Waals surface area contributed by atoms with Crippen molar-refractivity contribution in [2.24, 2.45) is 0 Å². The number of rotatable bonds is 9. The number of H-pyrrole nitrogens is 1. The molecule has 200 valence electrons. The van der Waals surface area contributed by atoms with Crippen LogP contribution < -0.4 is 21.3 Å². The highest BCUT2D eigenvalue weighted by Crippen LogP contribution is 2.06. The van der Waals surface area contributed by atoms with Crippen molar-refractivity contribution in [3.63, 3.8) is 0 Å². The number of alkyl carbamates (subject to hydrolysis) is 2. The molecule has 0 saturated heterocycles. The molecular weight excluding hydrogens is 484 g/mol. The van der Waals surface area contributed by atoms with Crippen LogP contribution >= 0.6 is 0 Å². The standard InChI is InChI=1S/C24H32N6O7/c1-24(2,3)37-23(34)30-21(25)29-19(31)17-11-10-16(27-17)12-26-13-18(20(32)35-4)28-22(33)36-14-15-8-6-5-7-9-15/h5-11,18,26-27H,12-14H2,1-4H3,(H,28,33)(H3,25,29,30,31,34)/t18-/m1/s1. The number of ether oxygens (including phenoxy) is 3. The fourth-order valence-corrected chi connectivity index (χ4v) is 2.89. The summed E-state index contributed by atoms with van der Waals surface area (Å²) in [4.78, 5) is 51.0. The molecule has 0 saturated carbocycles. The van der Waals surface area contributed by atoms with E-state index in [2.05, 4.69) is 26.3 Å². The zero-order valence-corrected chi connectivity index (χ0v) is 21.1. The molecule has 1 aromatic carbocycles. The van der Waals surface area contributed by atoms with E-state index in [0.717, 1.165) is 5.56 Å². The maximum Gasteiger partial charge on any atom is 0.414 e. The molecule has 0 bridgehead atoms. The maximum absolute atomic E-state index is 12.3. The zero-order valence-electron chi connectivity index (χ0n) is 21.1. The van der Waals surface area contributed by atoms with Crippen LogP contribution in [-0.4, -0.2) is 60.3 Å². The predicted octanol–water partition coefficient (Wildman–Crippen LogP) is 1.76. The lowest BCUT2D eigenvalue weighted by Crippen LogP contribution is -2.47. The second kappa shape index (κ2) is 13.6. The van der Waals surface area contributed by atoms with Crippen LogP contribution in [0.3, 0.4) is 0 Å². The summed E-state index contributed by atoms with van der Waals surface area (Å²) in [5, 5.41) is 17.5. The van der Waals surface area contributed by atoms with Gasteiger partial charge in [-0.3, -0.25) is 20.8 Å². The molecule has 1 heterocycles. The van der Waals surface area contributed by atoms with Crippen LogP contribution in [0.4, 0.5) is 9.59 Å². The van der Waals surface area contributed by atoms with E-state index in [9.17, 15) is 19.2 Å². The van der Waals surface area contributed by atoms with Crippen LogP contribution in [0.2, 0.25) is 0 Å². The Morgan fingerprint density at radius 2 is 1.70 bits per heavy atom. The molecule has 3 amide bonds. The summed E-state index contributed by atoms with van der Waals surface area (Å²) in [6.07, 6.45) is -1.64. The monoisotopic (exact) mass is 516 g/mol. The number of carbonyl (C=O) groups is 4. The first-order valence-electron chi connectivity index (χ1n) is 11.3. The van der Waals surface area contributed by atoms with Gasteiger partial charge in [0.05, 0.1) is 7.11 Å². The average molecular weight is 517 g/mol. The number of aromatic nitrogens is 1. The molecule has 2 aromatic rings. The predicted molar refractivity (Wildman–Crippen MR) is 133 cm³/mol. The number of nitrogens with one attached hydrogen (secondary N) is 6. The molecule has 0 radical (unpaired) electrons. The Balaban J connectivity index is 1.80. The van der Waals surface area contributed by atoms with E-state index in [4.69, 9.17) is 19.6 Å². The molecule has 0 unspecified atom stereocenters. The number of amides is 3. The van der Waals surface area contributed by atoms with Crippen molar-refractivity contribution >= 4 is 30.0 Å². The summed E-state index contributed by atoms with van der Waals surface area (Å²) in [7, 11) is 1.21. The third kappa shape index (κ3) is 10.8. The van der Waals surface area contributed by atoms with Gasteiger partial charge in [0.25, 0.3) is 5.91 Å². The number of esters is 1. The Morgan fingerprint density at radius 1 is 1.00 bits per heavy atom. The highest BCUT2D eigenvalue weighted by atomic mass is 16.6. The molecular formula is C24H32N6O7. The lowest BCUT2D eigenvalue weighted by atomic mass is 10.2. The number of carbonyl (C=O) groups excluding carboxylic acids is 4. The van der Waals surface area contributed by atoms with E-state index in [1.165, 1.54) is 13.2 Å². The van der Waals surface area contributed by atoms with E-state index in [1.807, 2.05) is 18.2 Å². The molecule has 6 N–H and O–H groups in total. The van der Waals surface area contributed by atoms with E-state index < -0.39 is 41.7 Å². The highest BCUT2D eigenvalue weighted by Gasteiger charge is 2.22. The highest BCUT2D eigenvalue weighted by molar-refractivity contribution is 6.07. The zero-order chi connectivity index (χ0) is 27.4. The van der Waals surface area contributed by atoms with Crippen molar-refractivity contribution in [2.75, 3.05) is 13.7 Å². The fraction of sp³-hybridized carbons (Fsp3) is 0.375. The van der Waals surface area contributed by atoms with E-state index in [0.29, 0.717) is 5.69 Å². The Kier molecular flexibility index (Phi) is 10.6. The molecule has 0 aliphatic rings. The Morgan fingerprint density at radius 3 is 2.35 bits per heavy atom. The average Bonchev–Trinajstić information content (AvgIpc) is 3.30. The summed E-state index contributed by atoms with van der Waals surface area (Å²) in [6.45, 7) is 5.30. The van der Waals surface area contributed by atoms with Crippen LogP contribution in [0.5, 0.6) is 0 Å². The summed E-state index contributed by atoms with van der Waals surface area (Å²) >= 11 is 0. The van der Waals surface area contributed by atoms with E-state index in [1.54, 1.807) is 39.0 Å². The molecule has 0 aliphatic heterocycles. The van der Waals surface area contributed by atoms with E-state index >= 15 is 0 Å². The van der Waals surface area contributed by atoms with Gasteiger partial charge in [0.2, 0.25) is 5.96 Å². The Hall–Kier alpha value is -4.39. The first kappa shape index (κ1) is 28.8. The van der Waals surface area contributed by atoms with Crippen LogP contribution in [0.15, 0.2) is 42.5 Å². The minimum Gasteiger partial charge on any atom is -0.467 e. The van der Waals surface area contributed by atoms with Crippen molar-refractivity contribution in [3.05, 3.63) is 59.4 Å². The van der Waals surface area contributed by atoms with Crippen LogP contribution in [0.25, 0.3) is 0 Å². The lowest BCUT2D eigenvalue weighted by Gasteiger charge is -2.19. The molecule has 1 aromatic heterocycles. The smallest absolute Gasteiger partial charge is 0.414 e. The number of hydrogen-bond donors (Lipinski definition) is 6. The SMILES string of the molecule is COC(=O)[C@@H](CNCc1ccc(C(=O)NC(=N)NC(=O)OC(C)(C)C)[nH]1)NC(=O)OCc1ccccc1. The van der Waals surface area contributed by atoms with Crippen molar-refractivity contribution < 1.29 is 33.4 Å². The van der Waals surface area contributed by atoms with Gasteiger partial charge in [0.1, 0.15) is 23.9 Å². The maximum atomic E-state index is 12.3. The summed E-state index contributed by atoms with van der Waals surface area (Å²) < 4.78 is 14.9. The van der Waals surface area contributed by atoms with Gasteiger partial charge < -0.3 is 29.8 Å². The molecule has 0 aliphatic carbocycles. The molecule has 37 heavy (non-hydrogen) atoms. The Bertz CT molecular complexity index is 1090. The number of hydrogen-bond acceptors (Lipinski definition) is 9. The number of benzene rings is 1. The quantitative estimate of drug-likeness (QED) is 0.126. The summed E-state index contributed by atoms with van der Waals surface area (Å²) in [5.74, 6) is -1.85. The number of methoxy groups -OCH3 is 1. The van der Waals surface area contributed by atoms with Crippen LogP contribution in [-0.2, 0) is 32.2 Å². The topological polar surface area (TPSA) is 184 Å². The third-order valence-electron chi connectivity index (χ3n) is 4.51. The molecule has 0 spiro atoms. The summed E-state index contributed by atoms with van der Waals surface area (Å²) in [5.41, 5.74) is 0.778. The van der Waals surface area contributed by atoms with Gasteiger partial charge in [0.15, 0.2) is 0 Å². The fourth-order valence-electron chi connectivity index (χ4n) is 2.89. The van der Waals surface area contributed by atoms with Gasteiger partial charge in [-0.25, -0.2) is 14.4 Å². The van der Waals surface area contributed by atoms with E-state index in [-0.39, 0.29) is 25.4 Å². The Labute approximate surface area is 214 Å². The molecule has 13 heteroatoms. The van der Waals surface area contributed by atoms with Crippen molar-refractivity contribution in [2.45, 2.75) is 45.6 Å². The van der Waals surface area contributed by atoms with Gasteiger partial charge in [0, 0.05) is 18.8 Å². The van der Waals surface area contributed by atoms with Gasteiger partial charge in [-0.15, -0.1) is 0 Å². The van der Waals surface area contributed by atoms with Gasteiger partial charge in [-0.05, 0) is 38.5 Å². The minimum absolute atomic E-state index is 0.0259. The van der Waals surface area contributed by atoms with Crippen LogP contribution in [0, 0.1) is 5.41 Å². The third-order valence-corrected chi connectivity index (χ3v) is 4.51. The van der Waals surface area contributed by atoms with Crippen molar-refractivity contribution in [1.82, 2.24) is 26.3 Å². The van der Waals surface area contributed by atoms with Crippen molar-refractivity contribution in [1.29, 1.82) is 5.41 Å². The largest absolute Gasteiger partial charge is 0.467 e. The lowest BCUT2D eigenvalue weighted by molar-refractivity contribution is -0.142. The number of guanidine groups is 1. The molecule has 2 rings (SSSR count). The molecule has 0 fully saturated rings. The van der Waals surface area contributed by atoms with Crippen LogP contribution in [0.1, 0.15) is 42.5 Å². The van der Waals surface area contributed by atoms with Gasteiger partial charge in [-0.2, -0.15) is 0 Å². The second-order valence-corrected chi connectivity index (χ2v) is 8.77. The van der Waals surface area contributed by atoms with Gasteiger partial charge in [-0.1, -0.05) is 30.3 Å². The van der Waals surface area contributed by atoms with Crippen molar-refractivity contribution in [3.8, 4) is 0 Å². The van der Waals surface area contributed by atoms with Gasteiger partial charge >= 0.3 is 18.2 Å². The summed E-state index contributed by atoms with van der Waals surface area (Å²) in [6, 6.07) is 11.2. The normalized spacial score (nSPS) is 11.6. The second-order valence-electron chi connectivity index (χ2n) is 8.77. The first-order valence-corrected chi connectivity index (χ1v) is 11.3. The molecule has 13 nitrogen and oxygen atoms in total. The number of aromatic amines is 1. The minimum atomic E-state index is -1.01. The molecule has 1 atom stereocenters.